The standard InChI is InChI=1S/C15H23FN2O/c1-10(2)8-14(17)15(19)18-11(3)9-12-4-6-13(16)7-5-12/h4-7,10-11,14H,8-9,17H2,1-3H3,(H,18,19)/t11?,14-/m1/s1. The van der Waals surface area contributed by atoms with Gasteiger partial charge in [0.1, 0.15) is 5.82 Å². The van der Waals surface area contributed by atoms with Crippen LogP contribution in [0.3, 0.4) is 0 Å². The molecule has 2 atom stereocenters. The molecule has 0 bridgehead atoms. The molecule has 0 saturated carbocycles. The molecular formula is C15H23FN2O. The Morgan fingerprint density at radius 1 is 1.26 bits per heavy atom. The van der Waals surface area contributed by atoms with Crippen LogP contribution in [0.2, 0.25) is 0 Å². The first-order valence-corrected chi connectivity index (χ1v) is 6.69. The van der Waals surface area contributed by atoms with Gasteiger partial charge in [0.15, 0.2) is 0 Å². The Morgan fingerprint density at radius 2 is 1.84 bits per heavy atom. The maximum absolute atomic E-state index is 12.8. The normalized spacial score (nSPS) is 14.2. The highest BCUT2D eigenvalue weighted by molar-refractivity contribution is 5.81. The van der Waals surface area contributed by atoms with E-state index < -0.39 is 6.04 Å². The molecule has 3 nitrogen and oxygen atoms in total. The molecule has 1 amide bonds. The summed E-state index contributed by atoms with van der Waals surface area (Å²) in [4.78, 5) is 11.8. The van der Waals surface area contributed by atoms with Crippen molar-refractivity contribution in [2.24, 2.45) is 11.7 Å². The Labute approximate surface area is 114 Å². The van der Waals surface area contributed by atoms with Crippen LogP contribution < -0.4 is 11.1 Å². The molecule has 0 spiro atoms. The predicted octanol–water partition coefficient (Wildman–Crippen LogP) is 2.25. The molecule has 106 valence electrons. The number of nitrogens with one attached hydrogen (secondary N) is 1. The van der Waals surface area contributed by atoms with Crippen LogP contribution in [0.1, 0.15) is 32.8 Å². The summed E-state index contributed by atoms with van der Waals surface area (Å²) in [6, 6.07) is 5.83. The van der Waals surface area contributed by atoms with Crippen LogP contribution in [0.4, 0.5) is 4.39 Å². The molecule has 3 N–H and O–H groups in total. The number of rotatable bonds is 6. The average molecular weight is 266 g/mol. The molecule has 0 aliphatic rings. The zero-order valence-electron chi connectivity index (χ0n) is 11.8. The van der Waals surface area contributed by atoms with Crippen molar-refractivity contribution in [3.8, 4) is 0 Å². The van der Waals surface area contributed by atoms with E-state index in [0.717, 1.165) is 5.56 Å². The van der Waals surface area contributed by atoms with Gasteiger partial charge in [0.05, 0.1) is 6.04 Å². The highest BCUT2D eigenvalue weighted by Crippen LogP contribution is 2.07. The summed E-state index contributed by atoms with van der Waals surface area (Å²) in [5.74, 6) is 0.0239. The Morgan fingerprint density at radius 3 is 2.37 bits per heavy atom. The summed E-state index contributed by atoms with van der Waals surface area (Å²) in [7, 11) is 0. The Kier molecular flexibility index (Phi) is 5.96. The molecule has 1 aromatic rings. The molecule has 0 saturated heterocycles. The van der Waals surface area contributed by atoms with Gasteiger partial charge in [0.2, 0.25) is 5.91 Å². The van der Waals surface area contributed by atoms with Gasteiger partial charge < -0.3 is 11.1 Å². The monoisotopic (exact) mass is 266 g/mol. The predicted molar refractivity (Wildman–Crippen MR) is 75.1 cm³/mol. The molecule has 0 aliphatic carbocycles. The number of hydrogen-bond donors (Lipinski definition) is 2. The molecule has 0 aromatic heterocycles. The minimum absolute atomic E-state index is 0.0174. The second kappa shape index (κ2) is 7.24. The zero-order chi connectivity index (χ0) is 14.4. The van der Waals surface area contributed by atoms with Gasteiger partial charge in [-0.3, -0.25) is 4.79 Å². The van der Waals surface area contributed by atoms with Crippen molar-refractivity contribution in [3.05, 3.63) is 35.6 Å². The Bertz CT molecular complexity index is 403. The van der Waals surface area contributed by atoms with E-state index in [-0.39, 0.29) is 17.8 Å². The van der Waals surface area contributed by atoms with Crippen molar-refractivity contribution in [2.45, 2.75) is 45.7 Å². The van der Waals surface area contributed by atoms with Crippen LogP contribution >= 0.6 is 0 Å². The van der Waals surface area contributed by atoms with E-state index >= 15 is 0 Å². The third-order valence-electron chi connectivity index (χ3n) is 2.91. The van der Waals surface area contributed by atoms with Gasteiger partial charge >= 0.3 is 0 Å². The number of amides is 1. The maximum Gasteiger partial charge on any atom is 0.237 e. The van der Waals surface area contributed by atoms with E-state index in [9.17, 15) is 9.18 Å². The van der Waals surface area contributed by atoms with Crippen LogP contribution in [0, 0.1) is 11.7 Å². The van der Waals surface area contributed by atoms with Gasteiger partial charge in [-0.25, -0.2) is 4.39 Å². The fourth-order valence-electron chi connectivity index (χ4n) is 1.99. The van der Waals surface area contributed by atoms with Crippen molar-refractivity contribution >= 4 is 5.91 Å². The molecule has 4 heteroatoms. The summed E-state index contributed by atoms with van der Waals surface area (Å²) in [5, 5.41) is 2.89. The van der Waals surface area contributed by atoms with Crippen LogP contribution in [0.15, 0.2) is 24.3 Å². The lowest BCUT2D eigenvalue weighted by molar-refractivity contribution is -0.123. The van der Waals surface area contributed by atoms with Crippen molar-refractivity contribution < 1.29 is 9.18 Å². The average Bonchev–Trinajstić information content (AvgIpc) is 2.31. The SMILES string of the molecule is CC(C)C[C@@H](N)C(=O)NC(C)Cc1ccc(F)cc1. The maximum atomic E-state index is 12.8. The number of carbonyl (C=O) groups excluding carboxylic acids is 1. The van der Waals surface area contributed by atoms with Crippen LogP contribution in [-0.2, 0) is 11.2 Å². The lowest BCUT2D eigenvalue weighted by Crippen LogP contribution is -2.45. The minimum Gasteiger partial charge on any atom is -0.352 e. The fraction of sp³-hybridized carbons (Fsp3) is 0.533. The van der Waals surface area contributed by atoms with E-state index in [1.807, 2.05) is 20.8 Å². The molecule has 0 heterocycles. The smallest absolute Gasteiger partial charge is 0.237 e. The van der Waals surface area contributed by atoms with Crippen molar-refractivity contribution in [3.63, 3.8) is 0 Å². The largest absolute Gasteiger partial charge is 0.352 e. The summed E-state index contributed by atoms with van der Waals surface area (Å²) >= 11 is 0. The number of benzene rings is 1. The van der Waals surface area contributed by atoms with Gasteiger partial charge in [0.25, 0.3) is 0 Å². The highest BCUT2D eigenvalue weighted by Gasteiger charge is 2.16. The quantitative estimate of drug-likeness (QED) is 0.829. The second-order valence-corrected chi connectivity index (χ2v) is 5.48. The van der Waals surface area contributed by atoms with Crippen molar-refractivity contribution in [1.29, 1.82) is 0 Å². The molecular weight excluding hydrogens is 243 g/mol. The van der Waals surface area contributed by atoms with Gasteiger partial charge in [-0.2, -0.15) is 0 Å². The Balaban J connectivity index is 2.44. The van der Waals surface area contributed by atoms with Gasteiger partial charge in [-0.15, -0.1) is 0 Å². The highest BCUT2D eigenvalue weighted by atomic mass is 19.1. The lowest BCUT2D eigenvalue weighted by Gasteiger charge is -2.18. The molecule has 1 aromatic carbocycles. The molecule has 1 unspecified atom stereocenters. The van der Waals surface area contributed by atoms with Gasteiger partial charge in [-0.05, 0) is 43.4 Å². The van der Waals surface area contributed by atoms with Crippen LogP contribution in [0.5, 0.6) is 0 Å². The van der Waals surface area contributed by atoms with Gasteiger partial charge in [0, 0.05) is 6.04 Å². The summed E-state index contributed by atoms with van der Waals surface area (Å²) < 4.78 is 12.8. The summed E-state index contributed by atoms with van der Waals surface area (Å²) in [6.07, 6.45) is 1.34. The van der Waals surface area contributed by atoms with Crippen LogP contribution in [0.25, 0.3) is 0 Å². The number of nitrogens with two attached hydrogens (primary N) is 1. The molecule has 1 rings (SSSR count). The first-order valence-electron chi connectivity index (χ1n) is 6.69. The fourth-order valence-corrected chi connectivity index (χ4v) is 1.99. The van der Waals surface area contributed by atoms with E-state index in [4.69, 9.17) is 5.73 Å². The van der Waals surface area contributed by atoms with Crippen LogP contribution in [-0.4, -0.2) is 18.0 Å². The van der Waals surface area contributed by atoms with E-state index in [2.05, 4.69) is 5.32 Å². The Hall–Kier alpha value is -1.42. The van der Waals surface area contributed by atoms with E-state index in [0.29, 0.717) is 18.8 Å². The number of carbonyl (C=O) groups is 1. The number of halogens is 1. The third kappa shape index (κ3) is 5.83. The zero-order valence-corrected chi connectivity index (χ0v) is 11.8. The molecule has 0 fully saturated rings. The van der Waals surface area contributed by atoms with Gasteiger partial charge in [-0.1, -0.05) is 26.0 Å². The molecule has 0 aliphatic heterocycles. The van der Waals surface area contributed by atoms with Crippen molar-refractivity contribution in [1.82, 2.24) is 5.32 Å². The third-order valence-corrected chi connectivity index (χ3v) is 2.91. The summed E-state index contributed by atoms with van der Waals surface area (Å²) in [6.45, 7) is 5.99. The number of hydrogen-bond acceptors (Lipinski definition) is 2. The first kappa shape index (κ1) is 15.6. The lowest BCUT2D eigenvalue weighted by atomic mass is 10.0. The first-order chi connectivity index (χ1) is 8.88. The second-order valence-electron chi connectivity index (χ2n) is 5.48. The minimum atomic E-state index is -0.462. The topological polar surface area (TPSA) is 55.1 Å². The molecule has 0 radical (unpaired) electrons. The van der Waals surface area contributed by atoms with E-state index in [1.165, 1.54) is 12.1 Å². The van der Waals surface area contributed by atoms with E-state index in [1.54, 1.807) is 12.1 Å². The van der Waals surface area contributed by atoms with Crippen molar-refractivity contribution in [2.75, 3.05) is 0 Å². The summed E-state index contributed by atoms with van der Waals surface area (Å²) in [5.41, 5.74) is 6.81. The molecule has 19 heavy (non-hydrogen) atoms.